The highest BCUT2D eigenvalue weighted by Crippen LogP contribution is 2.44. The van der Waals surface area contributed by atoms with E-state index in [1.54, 1.807) is 37.3 Å². The van der Waals surface area contributed by atoms with Crippen molar-refractivity contribution in [2.24, 2.45) is 0 Å². The number of esters is 1. The summed E-state index contributed by atoms with van der Waals surface area (Å²) < 4.78 is 16.3. The van der Waals surface area contributed by atoms with Crippen LogP contribution >= 0.6 is 27.5 Å². The summed E-state index contributed by atoms with van der Waals surface area (Å²) in [5, 5.41) is 1.28. The molecule has 0 aliphatic carbocycles. The Labute approximate surface area is 198 Å². The number of hydrazine groups is 1. The minimum Gasteiger partial charge on any atom is -0.490 e. The molecule has 1 saturated heterocycles. The predicted molar refractivity (Wildman–Crippen MR) is 122 cm³/mol. The summed E-state index contributed by atoms with van der Waals surface area (Å²) in [6.07, 6.45) is 0.474. The molecule has 1 aliphatic rings. The number of nitrogens with one attached hydrogen (secondary N) is 1. The molecule has 3 rings (SSSR count). The Balaban J connectivity index is 2.01. The molecular weight excluding hydrogens is 504 g/mol. The van der Waals surface area contributed by atoms with Crippen molar-refractivity contribution in [1.82, 2.24) is 5.43 Å². The van der Waals surface area contributed by atoms with Gasteiger partial charge < -0.3 is 14.2 Å². The van der Waals surface area contributed by atoms with Crippen LogP contribution in [0.4, 0.5) is 5.69 Å². The van der Waals surface area contributed by atoms with E-state index >= 15 is 0 Å². The molecule has 2 aromatic carbocycles. The van der Waals surface area contributed by atoms with Gasteiger partial charge in [0.05, 0.1) is 19.4 Å². The van der Waals surface area contributed by atoms with Gasteiger partial charge in [0.15, 0.2) is 17.6 Å². The number of carbonyl (C=O) groups excluding carboxylic acids is 3. The third-order valence-electron chi connectivity index (χ3n) is 4.49. The predicted octanol–water partition coefficient (Wildman–Crippen LogP) is 3.90. The molecule has 1 fully saturated rings. The molecule has 1 N–H and O–H groups in total. The lowest BCUT2D eigenvalue weighted by Gasteiger charge is -2.19. The van der Waals surface area contributed by atoms with Crippen LogP contribution in [0, 0.1) is 0 Å². The lowest BCUT2D eigenvalue weighted by Crippen LogP contribution is -2.35. The van der Waals surface area contributed by atoms with Gasteiger partial charge in [0.25, 0.3) is 11.8 Å². The normalized spacial score (nSPS) is 15.5. The summed E-state index contributed by atoms with van der Waals surface area (Å²) in [4.78, 5) is 37.1. The first kappa shape index (κ1) is 23.6. The van der Waals surface area contributed by atoms with Gasteiger partial charge in [-0.2, -0.15) is 0 Å². The Kier molecular flexibility index (Phi) is 7.42. The van der Waals surface area contributed by atoms with Crippen molar-refractivity contribution in [3.05, 3.63) is 57.0 Å². The molecule has 1 heterocycles. The van der Waals surface area contributed by atoms with Gasteiger partial charge in [0.1, 0.15) is 10.6 Å². The quantitative estimate of drug-likeness (QED) is 0.336. The molecule has 2 aromatic rings. The van der Waals surface area contributed by atoms with Crippen molar-refractivity contribution < 1.29 is 28.6 Å². The van der Waals surface area contributed by atoms with Gasteiger partial charge in [0.2, 0.25) is 0 Å². The zero-order valence-electron chi connectivity index (χ0n) is 17.5. The number of para-hydroxylation sites is 1. The molecule has 8 nitrogen and oxygen atoms in total. The van der Waals surface area contributed by atoms with Crippen LogP contribution in [0.25, 0.3) is 6.08 Å². The van der Waals surface area contributed by atoms with Gasteiger partial charge in [0, 0.05) is 4.47 Å². The highest BCUT2D eigenvalue weighted by atomic mass is 79.9. The summed E-state index contributed by atoms with van der Waals surface area (Å²) in [5.41, 5.74) is 3.41. The van der Waals surface area contributed by atoms with E-state index in [9.17, 15) is 14.4 Å². The van der Waals surface area contributed by atoms with Crippen LogP contribution in [0.3, 0.4) is 0 Å². The number of methoxy groups -OCH3 is 1. The SMILES string of the molecule is CCOc1cc(/C=C2/C(=O)NN(c3ccccc3)C2=O)c(Br)c(Cl)c1O[C@H](C)C(=O)OC. The van der Waals surface area contributed by atoms with E-state index in [-0.39, 0.29) is 28.7 Å². The van der Waals surface area contributed by atoms with Crippen molar-refractivity contribution >= 4 is 57.1 Å². The molecule has 0 unspecified atom stereocenters. The van der Waals surface area contributed by atoms with Crippen LogP contribution in [-0.4, -0.2) is 37.6 Å². The van der Waals surface area contributed by atoms with Crippen molar-refractivity contribution in [2.75, 3.05) is 18.7 Å². The van der Waals surface area contributed by atoms with Gasteiger partial charge in [-0.15, -0.1) is 0 Å². The third-order valence-corrected chi connectivity index (χ3v) is 5.93. The van der Waals surface area contributed by atoms with Crippen molar-refractivity contribution in [3.63, 3.8) is 0 Å². The lowest BCUT2D eigenvalue weighted by atomic mass is 10.1. The fourth-order valence-corrected chi connectivity index (χ4v) is 3.60. The summed E-state index contributed by atoms with van der Waals surface area (Å²) in [6, 6.07) is 10.3. The molecule has 0 aromatic heterocycles. The van der Waals surface area contributed by atoms with Crippen molar-refractivity contribution in [1.29, 1.82) is 0 Å². The second kappa shape index (κ2) is 10.1. The first-order valence-electron chi connectivity index (χ1n) is 9.59. The van der Waals surface area contributed by atoms with E-state index in [0.717, 1.165) is 0 Å². The van der Waals surface area contributed by atoms with E-state index in [2.05, 4.69) is 26.1 Å². The molecule has 0 radical (unpaired) electrons. The zero-order valence-corrected chi connectivity index (χ0v) is 19.8. The van der Waals surface area contributed by atoms with Gasteiger partial charge in [-0.05, 0) is 59.6 Å². The van der Waals surface area contributed by atoms with Crippen LogP contribution in [0.1, 0.15) is 19.4 Å². The molecule has 1 aliphatic heterocycles. The average Bonchev–Trinajstić information content (AvgIpc) is 3.08. The second-order valence-corrected chi connectivity index (χ2v) is 7.78. The van der Waals surface area contributed by atoms with Gasteiger partial charge in [-0.3, -0.25) is 15.0 Å². The number of ether oxygens (including phenoxy) is 3. The molecule has 0 spiro atoms. The molecular formula is C22H20BrClN2O6. The molecule has 32 heavy (non-hydrogen) atoms. The Hall–Kier alpha value is -3.04. The molecule has 10 heteroatoms. The van der Waals surface area contributed by atoms with E-state index in [1.807, 2.05) is 6.07 Å². The Morgan fingerprint density at radius 3 is 2.59 bits per heavy atom. The van der Waals surface area contributed by atoms with Gasteiger partial charge in [-0.25, -0.2) is 9.80 Å². The monoisotopic (exact) mass is 522 g/mol. The number of nitrogens with zero attached hydrogens (tertiary/aromatic N) is 1. The first-order chi connectivity index (χ1) is 15.3. The number of amides is 2. The van der Waals surface area contributed by atoms with E-state index in [1.165, 1.54) is 25.1 Å². The summed E-state index contributed by atoms with van der Waals surface area (Å²) in [5.74, 6) is -1.27. The molecule has 0 bridgehead atoms. The summed E-state index contributed by atoms with van der Waals surface area (Å²) in [6.45, 7) is 3.58. The number of anilines is 1. The number of benzene rings is 2. The highest BCUT2D eigenvalue weighted by Gasteiger charge is 2.35. The van der Waals surface area contributed by atoms with Crippen LogP contribution < -0.4 is 19.9 Å². The van der Waals surface area contributed by atoms with Crippen LogP contribution in [0.2, 0.25) is 5.02 Å². The second-order valence-electron chi connectivity index (χ2n) is 6.61. The summed E-state index contributed by atoms with van der Waals surface area (Å²) >= 11 is 9.87. The molecule has 0 saturated carbocycles. The number of rotatable bonds is 7. The van der Waals surface area contributed by atoms with E-state index in [0.29, 0.717) is 15.7 Å². The fraction of sp³-hybridized carbons (Fsp3) is 0.227. The topological polar surface area (TPSA) is 94.2 Å². The minimum absolute atomic E-state index is 0.0790. The minimum atomic E-state index is -0.936. The number of hydrogen-bond acceptors (Lipinski definition) is 6. The Morgan fingerprint density at radius 2 is 1.97 bits per heavy atom. The largest absolute Gasteiger partial charge is 0.490 e. The number of hydrogen-bond donors (Lipinski definition) is 1. The number of carbonyl (C=O) groups is 3. The van der Waals surface area contributed by atoms with E-state index in [4.69, 9.17) is 21.1 Å². The standard InChI is InChI=1S/C22H20BrClN2O6/c1-4-31-16-11-13(17(23)18(24)19(16)32-12(2)22(29)30-3)10-15-20(27)25-26(21(15)28)14-8-6-5-7-9-14/h5-12H,4H2,1-3H3,(H,25,27)/b15-10-/t12-/m1/s1. The smallest absolute Gasteiger partial charge is 0.346 e. The maximum absolute atomic E-state index is 12.9. The van der Waals surface area contributed by atoms with Crippen molar-refractivity contribution in [3.8, 4) is 11.5 Å². The maximum atomic E-state index is 12.9. The van der Waals surface area contributed by atoms with Gasteiger partial charge >= 0.3 is 5.97 Å². The maximum Gasteiger partial charge on any atom is 0.346 e. The van der Waals surface area contributed by atoms with Gasteiger partial charge in [-0.1, -0.05) is 29.8 Å². The van der Waals surface area contributed by atoms with Crippen LogP contribution in [-0.2, 0) is 19.1 Å². The van der Waals surface area contributed by atoms with Crippen LogP contribution in [0.5, 0.6) is 11.5 Å². The zero-order chi connectivity index (χ0) is 23.4. The van der Waals surface area contributed by atoms with E-state index < -0.39 is 23.9 Å². The Morgan fingerprint density at radius 1 is 1.28 bits per heavy atom. The third kappa shape index (κ3) is 4.73. The lowest BCUT2D eigenvalue weighted by molar-refractivity contribution is -0.148. The molecule has 2 amide bonds. The Bertz CT molecular complexity index is 1090. The van der Waals surface area contributed by atoms with Crippen molar-refractivity contribution in [2.45, 2.75) is 20.0 Å². The molecule has 1 atom stereocenters. The van der Waals surface area contributed by atoms with Crippen LogP contribution in [0.15, 0.2) is 46.4 Å². The molecule has 168 valence electrons. The summed E-state index contributed by atoms with van der Waals surface area (Å²) in [7, 11) is 1.25. The fourth-order valence-electron chi connectivity index (χ4n) is 2.94. The first-order valence-corrected chi connectivity index (χ1v) is 10.8. The highest BCUT2D eigenvalue weighted by molar-refractivity contribution is 9.10. The number of halogens is 2. The average molecular weight is 524 g/mol.